The lowest BCUT2D eigenvalue weighted by molar-refractivity contribution is -0.140. The van der Waals surface area contributed by atoms with Gasteiger partial charge in [0.15, 0.2) is 0 Å². The SMILES string of the molecule is C=CC(=O)OCC(C)(C)CCl. The molecule has 0 unspecified atom stereocenters. The minimum absolute atomic E-state index is 0.153. The Morgan fingerprint density at radius 2 is 2.27 bits per heavy atom. The zero-order valence-corrected chi connectivity index (χ0v) is 7.65. The molecule has 0 saturated heterocycles. The molecule has 0 aliphatic heterocycles. The Balaban J connectivity index is 3.69. The summed E-state index contributed by atoms with van der Waals surface area (Å²) >= 11 is 5.60. The van der Waals surface area contributed by atoms with Crippen LogP contribution in [0.5, 0.6) is 0 Å². The molecule has 0 saturated carbocycles. The molecule has 0 aromatic heterocycles. The summed E-state index contributed by atoms with van der Waals surface area (Å²) in [6, 6.07) is 0. The quantitative estimate of drug-likeness (QED) is 0.372. The van der Waals surface area contributed by atoms with Crippen LogP contribution in [-0.4, -0.2) is 18.5 Å². The van der Waals surface area contributed by atoms with Crippen molar-refractivity contribution in [3.8, 4) is 0 Å². The topological polar surface area (TPSA) is 26.3 Å². The van der Waals surface area contributed by atoms with Gasteiger partial charge < -0.3 is 4.74 Å². The number of esters is 1. The van der Waals surface area contributed by atoms with Crippen LogP contribution in [0.2, 0.25) is 0 Å². The molecule has 0 rings (SSSR count). The first kappa shape index (κ1) is 10.5. The van der Waals surface area contributed by atoms with Gasteiger partial charge in [-0.15, -0.1) is 11.6 Å². The highest BCUT2D eigenvalue weighted by Gasteiger charge is 2.17. The van der Waals surface area contributed by atoms with Crippen molar-refractivity contribution in [1.29, 1.82) is 0 Å². The van der Waals surface area contributed by atoms with Gasteiger partial charge in [-0.1, -0.05) is 20.4 Å². The first-order valence-electron chi connectivity index (χ1n) is 3.37. The molecule has 0 bridgehead atoms. The minimum Gasteiger partial charge on any atom is -0.462 e. The van der Waals surface area contributed by atoms with Gasteiger partial charge in [0.25, 0.3) is 0 Å². The van der Waals surface area contributed by atoms with Crippen LogP contribution >= 0.6 is 11.6 Å². The Morgan fingerprint density at radius 3 is 2.64 bits per heavy atom. The molecule has 0 aliphatic rings. The van der Waals surface area contributed by atoms with Crippen molar-refractivity contribution in [2.24, 2.45) is 5.41 Å². The Labute approximate surface area is 72.2 Å². The number of alkyl halides is 1. The van der Waals surface area contributed by atoms with E-state index in [0.29, 0.717) is 12.5 Å². The fraction of sp³-hybridized carbons (Fsp3) is 0.625. The zero-order valence-electron chi connectivity index (χ0n) is 6.89. The second-order valence-electron chi connectivity index (χ2n) is 3.11. The second-order valence-corrected chi connectivity index (χ2v) is 3.38. The van der Waals surface area contributed by atoms with Crippen LogP contribution in [0, 0.1) is 5.41 Å². The molecule has 0 radical (unpaired) electrons. The third kappa shape index (κ3) is 4.85. The largest absolute Gasteiger partial charge is 0.462 e. The Bertz CT molecular complexity index is 152. The molecular formula is C8H13ClO2. The highest BCUT2D eigenvalue weighted by molar-refractivity contribution is 6.18. The summed E-state index contributed by atoms with van der Waals surface area (Å²) in [7, 11) is 0. The second kappa shape index (κ2) is 4.39. The molecule has 0 atom stereocenters. The molecule has 0 aromatic rings. The van der Waals surface area contributed by atoms with Gasteiger partial charge >= 0.3 is 5.97 Å². The van der Waals surface area contributed by atoms with Crippen molar-refractivity contribution in [3.05, 3.63) is 12.7 Å². The molecule has 3 heteroatoms. The normalized spacial score (nSPS) is 10.8. The van der Waals surface area contributed by atoms with Gasteiger partial charge in [0.05, 0.1) is 6.61 Å². The van der Waals surface area contributed by atoms with Crippen LogP contribution in [0.4, 0.5) is 0 Å². The maximum atomic E-state index is 10.6. The molecule has 0 heterocycles. The Morgan fingerprint density at radius 1 is 1.73 bits per heavy atom. The van der Waals surface area contributed by atoms with Crippen LogP contribution in [0.3, 0.4) is 0 Å². The number of carbonyl (C=O) groups excluding carboxylic acids is 1. The van der Waals surface area contributed by atoms with Gasteiger partial charge in [0, 0.05) is 17.4 Å². The number of hydrogen-bond acceptors (Lipinski definition) is 2. The van der Waals surface area contributed by atoms with E-state index in [4.69, 9.17) is 16.3 Å². The summed E-state index contributed by atoms with van der Waals surface area (Å²) in [5.41, 5.74) is -0.153. The van der Waals surface area contributed by atoms with Crippen molar-refractivity contribution in [2.45, 2.75) is 13.8 Å². The van der Waals surface area contributed by atoms with E-state index in [-0.39, 0.29) is 5.41 Å². The van der Waals surface area contributed by atoms with Crippen molar-refractivity contribution in [1.82, 2.24) is 0 Å². The fourth-order valence-corrected chi connectivity index (χ4v) is 0.441. The first-order chi connectivity index (χ1) is 5.02. The molecule has 0 N–H and O–H groups in total. The standard InChI is InChI=1S/C8H13ClO2/c1-4-7(10)11-6-8(2,3)5-9/h4H,1,5-6H2,2-3H3. The molecule has 0 spiro atoms. The minimum atomic E-state index is -0.400. The molecule has 0 aromatic carbocycles. The van der Waals surface area contributed by atoms with E-state index in [2.05, 4.69) is 6.58 Å². The van der Waals surface area contributed by atoms with Crippen LogP contribution < -0.4 is 0 Å². The zero-order chi connectivity index (χ0) is 8.91. The third-order valence-corrected chi connectivity index (χ3v) is 1.86. The van der Waals surface area contributed by atoms with Crippen LogP contribution in [0.15, 0.2) is 12.7 Å². The lowest BCUT2D eigenvalue weighted by atomic mass is 9.98. The van der Waals surface area contributed by atoms with Gasteiger partial charge in [-0.3, -0.25) is 0 Å². The summed E-state index contributed by atoms with van der Waals surface area (Å²) < 4.78 is 4.81. The van der Waals surface area contributed by atoms with E-state index in [9.17, 15) is 4.79 Å². The predicted octanol–water partition coefficient (Wildman–Crippen LogP) is 1.98. The summed E-state index contributed by atoms with van der Waals surface area (Å²) in [4.78, 5) is 10.6. The summed E-state index contributed by atoms with van der Waals surface area (Å²) in [6.07, 6.45) is 1.14. The van der Waals surface area contributed by atoms with E-state index in [1.807, 2.05) is 13.8 Å². The van der Waals surface area contributed by atoms with Crippen LogP contribution in [-0.2, 0) is 9.53 Å². The number of rotatable bonds is 4. The van der Waals surface area contributed by atoms with Crippen molar-refractivity contribution < 1.29 is 9.53 Å². The van der Waals surface area contributed by atoms with Crippen LogP contribution in [0.25, 0.3) is 0 Å². The molecule has 0 amide bonds. The van der Waals surface area contributed by atoms with Crippen LogP contribution in [0.1, 0.15) is 13.8 Å². The van der Waals surface area contributed by atoms with E-state index >= 15 is 0 Å². The van der Waals surface area contributed by atoms with Crippen molar-refractivity contribution in [2.75, 3.05) is 12.5 Å². The molecular weight excluding hydrogens is 164 g/mol. The van der Waals surface area contributed by atoms with Gasteiger partial charge in [-0.05, 0) is 0 Å². The average Bonchev–Trinajstić information content (AvgIpc) is 2.00. The lowest BCUT2D eigenvalue weighted by Crippen LogP contribution is -2.22. The van der Waals surface area contributed by atoms with Gasteiger partial charge in [-0.25, -0.2) is 4.79 Å². The number of ether oxygens (including phenoxy) is 1. The number of hydrogen-bond donors (Lipinski definition) is 0. The number of carbonyl (C=O) groups is 1. The van der Waals surface area contributed by atoms with Crippen molar-refractivity contribution in [3.63, 3.8) is 0 Å². The Hall–Kier alpha value is -0.500. The maximum Gasteiger partial charge on any atom is 0.330 e. The monoisotopic (exact) mass is 176 g/mol. The fourth-order valence-electron chi connectivity index (χ4n) is 0.364. The molecule has 0 aliphatic carbocycles. The van der Waals surface area contributed by atoms with E-state index in [1.165, 1.54) is 0 Å². The number of halogens is 1. The molecule has 64 valence electrons. The summed E-state index contributed by atoms with van der Waals surface area (Å²) in [5.74, 6) is 0.0698. The first-order valence-corrected chi connectivity index (χ1v) is 3.90. The van der Waals surface area contributed by atoms with Gasteiger partial charge in [0.2, 0.25) is 0 Å². The smallest absolute Gasteiger partial charge is 0.330 e. The summed E-state index contributed by atoms with van der Waals surface area (Å²) in [6.45, 7) is 7.47. The van der Waals surface area contributed by atoms with Gasteiger partial charge in [-0.2, -0.15) is 0 Å². The van der Waals surface area contributed by atoms with Gasteiger partial charge in [0.1, 0.15) is 0 Å². The van der Waals surface area contributed by atoms with E-state index < -0.39 is 5.97 Å². The third-order valence-electron chi connectivity index (χ3n) is 1.13. The molecule has 0 fully saturated rings. The highest BCUT2D eigenvalue weighted by Crippen LogP contribution is 2.16. The highest BCUT2D eigenvalue weighted by atomic mass is 35.5. The van der Waals surface area contributed by atoms with Crippen molar-refractivity contribution >= 4 is 17.6 Å². The van der Waals surface area contributed by atoms with E-state index in [0.717, 1.165) is 6.08 Å². The van der Waals surface area contributed by atoms with E-state index in [1.54, 1.807) is 0 Å². The molecule has 11 heavy (non-hydrogen) atoms. The Kier molecular flexibility index (Phi) is 4.19. The summed E-state index contributed by atoms with van der Waals surface area (Å²) in [5, 5.41) is 0. The lowest BCUT2D eigenvalue weighted by Gasteiger charge is -2.19. The molecule has 2 nitrogen and oxygen atoms in total. The predicted molar refractivity (Wildman–Crippen MR) is 45.7 cm³/mol. The maximum absolute atomic E-state index is 10.6. The average molecular weight is 177 g/mol.